The van der Waals surface area contributed by atoms with Crippen LogP contribution in [0.3, 0.4) is 0 Å². The molecule has 3 heterocycles. The molecule has 2 aliphatic heterocycles. The van der Waals surface area contributed by atoms with Gasteiger partial charge in [-0.15, -0.1) is 5.10 Å². The first-order chi connectivity index (χ1) is 10.8. The Morgan fingerprint density at radius 2 is 2.18 bits per heavy atom. The largest absolute Gasteiger partial charge is 0.346 e. The lowest BCUT2D eigenvalue weighted by Gasteiger charge is -2.25. The third-order valence-electron chi connectivity index (χ3n) is 5.67. The highest BCUT2D eigenvalue weighted by molar-refractivity contribution is 5.92. The summed E-state index contributed by atoms with van der Waals surface area (Å²) in [5.74, 6) is -0.0560. The molecule has 3 aliphatic rings. The van der Waals surface area contributed by atoms with Gasteiger partial charge in [0.15, 0.2) is 5.69 Å². The molecule has 1 saturated carbocycles. The number of hydrogen-bond donors (Lipinski definition) is 1. The Balaban J connectivity index is 1.39. The Kier molecular flexibility index (Phi) is 3.64. The number of amides is 1. The molecule has 1 aliphatic carbocycles. The highest BCUT2D eigenvalue weighted by Crippen LogP contribution is 2.37. The van der Waals surface area contributed by atoms with Crippen molar-refractivity contribution in [2.75, 3.05) is 6.54 Å². The van der Waals surface area contributed by atoms with Crippen LogP contribution in [-0.2, 0) is 0 Å². The van der Waals surface area contributed by atoms with Gasteiger partial charge in [0.25, 0.3) is 5.91 Å². The number of nitrogens with one attached hydrogen (secondary N) is 1. The van der Waals surface area contributed by atoms with Crippen LogP contribution in [0.4, 0.5) is 0 Å². The summed E-state index contributed by atoms with van der Waals surface area (Å²) in [5, 5.41) is 11.4. The van der Waals surface area contributed by atoms with Crippen molar-refractivity contribution in [2.45, 2.75) is 76.0 Å². The summed E-state index contributed by atoms with van der Waals surface area (Å²) in [5.41, 5.74) is 0.469. The molecule has 0 unspecified atom stereocenters. The molecular weight excluding hydrogens is 278 g/mol. The van der Waals surface area contributed by atoms with Crippen molar-refractivity contribution in [2.24, 2.45) is 0 Å². The van der Waals surface area contributed by atoms with Gasteiger partial charge in [0.2, 0.25) is 0 Å². The number of fused-ring (bicyclic) bond motifs is 2. The minimum absolute atomic E-state index is 0.0560. The minimum Gasteiger partial charge on any atom is -0.346 e. The molecule has 120 valence electrons. The smallest absolute Gasteiger partial charge is 0.273 e. The molecule has 2 saturated heterocycles. The molecule has 0 spiro atoms. The molecular formula is C16H25N5O. The SMILES string of the molecule is CCCN1[C@@H]2CC[C@H]1[C@@H](NC(=O)c1cn(C3CCC3)nn1)C2. The molecule has 1 N–H and O–H groups in total. The average Bonchev–Trinajstić information content (AvgIpc) is 3.13. The molecule has 1 aromatic heterocycles. The summed E-state index contributed by atoms with van der Waals surface area (Å²) in [6, 6.07) is 1.93. The maximum Gasteiger partial charge on any atom is 0.273 e. The van der Waals surface area contributed by atoms with Crippen LogP contribution < -0.4 is 5.32 Å². The second-order valence-electron chi connectivity index (χ2n) is 7.02. The van der Waals surface area contributed by atoms with Crippen molar-refractivity contribution in [1.82, 2.24) is 25.2 Å². The van der Waals surface area contributed by atoms with Crippen LogP contribution >= 0.6 is 0 Å². The van der Waals surface area contributed by atoms with Crippen LogP contribution in [0.5, 0.6) is 0 Å². The Morgan fingerprint density at radius 1 is 1.32 bits per heavy atom. The van der Waals surface area contributed by atoms with E-state index in [1.165, 1.54) is 25.7 Å². The second-order valence-corrected chi connectivity index (χ2v) is 7.02. The van der Waals surface area contributed by atoms with Crippen molar-refractivity contribution in [1.29, 1.82) is 0 Å². The summed E-state index contributed by atoms with van der Waals surface area (Å²) in [4.78, 5) is 15.0. The van der Waals surface area contributed by atoms with Gasteiger partial charge in [0.1, 0.15) is 0 Å². The van der Waals surface area contributed by atoms with Crippen molar-refractivity contribution in [3.8, 4) is 0 Å². The average molecular weight is 303 g/mol. The van der Waals surface area contributed by atoms with E-state index in [4.69, 9.17) is 0 Å². The summed E-state index contributed by atoms with van der Waals surface area (Å²) >= 11 is 0. The first kappa shape index (κ1) is 14.2. The zero-order chi connectivity index (χ0) is 15.1. The molecule has 3 atom stereocenters. The third kappa shape index (κ3) is 2.33. The van der Waals surface area contributed by atoms with Crippen LogP contribution in [0.2, 0.25) is 0 Å². The fourth-order valence-corrected chi connectivity index (χ4v) is 4.32. The van der Waals surface area contributed by atoms with Crippen molar-refractivity contribution in [3.63, 3.8) is 0 Å². The van der Waals surface area contributed by atoms with Crippen LogP contribution in [0.1, 0.15) is 68.4 Å². The predicted molar refractivity (Wildman–Crippen MR) is 82.6 cm³/mol. The van der Waals surface area contributed by atoms with Gasteiger partial charge < -0.3 is 5.32 Å². The van der Waals surface area contributed by atoms with E-state index in [-0.39, 0.29) is 11.9 Å². The van der Waals surface area contributed by atoms with Gasteiger partial charge in [-0.1, -0.05) is 12.1 Å². The van der Waals surface area contributed by atoms with Crippen LogP contribution in [0.15, 0.2) is 6.20 Å². The number of rotatable bonds is 5. The Hall–Kier alpha value is -1.43. The van der Waals surface area contributed by atoms with E-state index in [0.717, 1.165) is 25.8 Å². The second kappa shape index (κ2) is 5.65. The zero-order valence-corrected chi connectivity index (χ0v) is 13.2. The van der Waals surface area contributed by atoms with Gasteiger partial charge in [-0.2, -0.15) is 0 Å². The molecule has 6 nitrogen and oxygen atoms in total. The van der Waals surface area contributed by atoms with E-state index in [1.54, 1.807) is 0 Å². The molecule has 0 aromatic carbocycles. The van der Waals surface area contributed by atoms with Gasteiger partial charge in [0, 0.05) is 18.1 Å². The quantitative estimate of drug-likeness (QED) is 0.900. The van der Waals surface area contributed by atoms with Crippen LogP contribution in [-0.4, -0.2) is 50.5 Å². The van der Waals surface area contributed by atoms with Gasteiger partial charge in [-0.05, 0) is 51.5 Å². The van der Waals surface area contributed by atoms with Crippen molar-refractivity contribution >= 4 is 5.91 Å². The lowest BCUT2D eigenvalue weighted by atomic mass is 9.93. The van der Waals surface area contributed by atoms with E-state index in [0.29, 0.717) is 23.8 Å². The monoisotopic (exact) mass is 303 g/mol. The predicted octanol–water partition coefficient (Wildman–Crippen LogP) is 1.75. The van der Waals surface area contributed by atoms with E-state index in [2.05, 4.69) is 27.5 Å². The number of hydrogen-bond acceptors (Lipinski definition) is 4. The lowest BCUT2D eigenvalue weighted by Crippen LogP contribution is -2.44. The number of carbonyl (C=O) groups is 1. The van der Waals surface area contributed by atoms with Gasteiger partial charge in [-0.3, -0.25) is 9.69 Å². The van der Waals surface area contributed by atoms with Crippen molar-refractivity contribution in [3.05, 3.63) is 11.9 Å². The molecule has 0 radical (unpaired) electrons. The lowest BCUT2D eigenvalue weighted by molar-refractivity contribution is 0.0920. The number of carbonyl (C=O) groups excluding carboxylic acids is 1. The Morgan fingerprint density at radius 3 is 2.91 bits per heavy atom. The van der Waals surface area contributed by atoms with Crippen LogP contribution in [0, 0.1) is 0 Å². The maximum absolute atomic E-state index is 12.4. The van der Waals surface area contributed by atoms with Crippen LogP contribution in [0.25, 0.3) is 0 Å². The summed E-state index contributed by atoms with van der Waals surface area (Å²) in [6.45, 7) is 3.38. The number of aromatic nitrogens is 3. The summed E-state index contributed by atoms with van der Waals surface area (Å²) in [6.07, 6.45) is 10.2. The molecule has 1 amide bonds. The van der Waals surface area contributed by atoms with E-state index in [9.17, 15) is 4.79 Å². The normalized spacial score (nSPS) is 31.4. The van der Waals surface area contributed by atoms with E-state index >= 15 is 0 Å². The number of nitrogens with zero attached hydrogens (tertiary/aromatic N) is 4. The first-order valence-electron chi connectivity index (χ1n) is 8.74. The zero-order valence-electron chi connectivity index (χ0n) is 13.2. The van der Waals surface area contributed by atoms with Gasteiger partial charge >= 0.3 is 0 Å². The fourth-order valence-electron chi connectivity index (χ4n) is 4.32. The van der Waals surface area contributed by atoms with Gasteiger partial charge in [-0.25, -0.2) is 4.68 Å². The molecule has 3 fully saturated rings. The molecule has 2 bridgehead atoms. The topological polar surface area (TPSA) is 63.1 Å². The Labute approximate surface area is 131 Å². The standard InChI is InChI=1S/C16H25N5O/c1-2-8-20-12-6-7-15(20)13(9-12)17-16(22)14-10-21(19-18-14)11-4-3-5-11/h10-13,15H,2-9H2,1H3,(H,17,22)/t12-,13+,15+/m1/s1. The van der Waals surface area contributed by atoms with E-state index < -0.39 is 0 Å². The highest BCUT2D eigenvalue weighted by Gasteiger charge is 2.46. The molecule has 1 aromatic rings. The maximum atomic E-state index is 12.4. The third-order valence-corrected chi connectivity index (χ3v) is 5.67. The summed E-state index contributed by atoms with van der Waals surface area (Å²) in [7, 11) is 0. The first-order valence-corrected chi connectivity index (χ1v) is 8.74. The minimum atomic E-state index is -0.0560. The highest BCUT2D eigenvalue weighted by atomic mass is 16.2. The Bertz CT molecular complexity index is 552. The van der Waals surface area contributed by atoms with E-state index in [1.807, 2.05) is 10.9 Å². The van der Waals surface area contributed by atoms with Crippen molar-refractivity contribution < 1.29 is 4.79 Å². The summed E-state index contributed by atoms with van der Waals surface area (Å²) < 4.78 is 1.86. The molecule has 6 heteroatoms. The molecule has 22 heavy (non-hydrogen) atoms. The molecule has 4 rings (SSSR count). The fraction of sp³-hybridized carbons (Fsp3) is 0.812. The van der Waals surface area contributed by atoms with Gasteiger partial charge in [0.05, 0.1) is 12.2 Å².